The van der Waals surface area contributed by atoms with Gasteiger partial charge in [-0.1, -0.05) is 11.6 Å². The fraction of sp³-hybridized carbons (Fsp3) is 0.286. The molecule has 10 heteroatoms. The lowest BCUT2D eigenvalue weighted by Gasteiger charge is -2.37. The maximum absolute atomic E-state index is 13.4. The van der Waals surface area contributed by atoms with Crippen LogP contribution in [0.25, 0.3) is 0 Å². The lowest BCUT2D eigenvalue weighted by Crippen LogP contribution is -2.53. The predicted octanol–water partition coefficient (Wildman–Crippen LogP) is 3.06. The highest BCUT2D eigenvalue weighted by Crippen LogP contribution is 2.28. The maximum Gasteiger partial charge on any atom is 0.262 e. The van der Waals surface area contributed by atoms with Crippen LogP contribution in [0.4, 0.5) is 8.78 Å². The van der Waals surface area contributed by atoms with Crippen LogP contribution in [-0.2, 0) is 9.59 Å². The number of amides is 2. The molecule has 1 aromatic heterocycles. The molecule has 2 amide bonds. The summed E-state index contributed by atoms with van der Waals surface area (Å²) in [6, 6.07) is 6.45. The van der Waals surface area contributed by atoms with Crippen molar-refractivity contribution >= 4 is 23.4 Å². The molecule has 164 valence electrons. The third kappa shape index (κ3) is 6.14. The number of nitrogens with one attached hydrogen (secondary N) is 2. The van der Waals surface area contributed by atoms with Gasteiger partial charge in [-0.3, -0.25) is 9.59 Å². The van der Waals surface area contributed by atoms with Gasteiger partial charge in [0, 0.05) is 18.2 Å². The van der Waals surface area contributed by atoms with Crippen molar-refractivity contribution in [2.75, 3.05) is 13.2 Å². The highest BCUT2D eigenvalue weighted by molar-refractivity contribution is 6.30. The zero-order valence-electron chi connectivity index (χ0n) is 16.8. The molecule has 7 nitrogen and oxygen atoms in total. The highest BCUT2D eigenvalue weighted by Gasteiger charge is 2.34. The van der Waals surface area contributed by atoms with Gasteiger partial charge in [-0.15, -0.1) is 0 Å². The molecule has 1 aromatic carbocycles. The molecule has 1 atom stereocenters. The van der Waals surface area contributed by atoms with E-state index in [2.05, 4.69) is 15.6 Å². The average Bonchev–Trinajstić information content (AvgIpc) is 2.67. The molecule has 0 saturated heterocycles. The monoisotopic (exact) mass is 451 g/mol. The zero-order chi connectivity index (χ0) is 22.6. The summed E-state index contributed by atoms with van der Waals surface area (Å²) in [6.07, 6.45) is 2.10. The highest BCUT2D eigenvalue weighted by atomic mass is 35.5. The molecule has 31 heavy (non-hydrogen) atoms. The molecular weight excluding hydrogens is 432 g/mol. The fourth-order valence-electron chi connectivity index (χ4n) is 3.01. The lowest BCUT2D eigenvalue weighted by molar-refractivity contribution is -0.124. The van der Waals surface area contributed by atoms with Crippen LogP contribution in [0, 0.1) is 18.7 Å². The minimum atomic E-state index is -0.646. The van der Waals surface area contributed by atoms with Crippen molar-refractivity contribution in [1.29, 1.82) is 0 Å². The van der Waals surface area contributed by atoms with Gasteiger partial charge in [-0.25, -0.2) is 9.37 Å². The second kappa shape index (κ2) is 9.30. The van der Waals surface area contributed by atoms with Crippen molar-refractivity contribution in [1.82, 2.24) is 15.6 Å². The first-order valence-corrected chi connectivity index (χ1v) is 9.68. The summed E-state index contributed by atoms with van der Waals surface area (Å²) in [5.74, 6) is -1.55. The van der Waals surface area contributed by atoms with Crippen LogP contribution in [0.2, 0.25) is 5.02 Å². The molecule has 3 rings (SSSR count). The summed E-state index contributed by atoms with van der Waals surface area (Å²) < 4.78 is 37.0. The van der Waals surface area contributed by atoms with Crippen molar-refractivity contribution in [2.45, 2.75) is 25.8 Å². The van der Waals surface area contributed by atoms with Gasteiger partial charge in [0.05, 0.1) is 16.3 Å². The second-order valence-corrected chi connectivity index (χ2v) is 7.64. The van der Waals surface area contributed by atoms with Crippen LogP contribution in [0.3, 0.4) is 0 Å². The third-order valence-corrected chi connectivity index (χ3v) is 4.71. The largest absolute Gasteiger partial charge is 0.484 e. The number of hydrogen-bond acceptors (Lipinski definition) is 5. The van der Waals surface area contributed by atoms with Gasteiger partial charge in [0.1, 0.15) is 17.3 Å². The summed E-state index contributed by atoms with van der Waals surface area (Å²) in [6.45, 7) is 2.80. The Morgan fingerprint density at radius 1 is 1.16 bits per heavy atom. The van der Waals surface area contributed by atoms with Crippen LogP contribution in [0.1, 0.15) is 19.0 Å². The van der Waals surface area contributed by atoms with Gasteiger partial charge in [-0.05, 0) is 44.2 Å². The van der Waals surface area contributed by atoms with Crippen LogP contribution < -0.4 is 20.1 Å². The van der Waals surface area contributed by atoms with E-state index in [-0.39, 0.29) is 24.0 Å². The van der Waals surface area contributed by atoms with E-state index in [0.29, 0.717) is 23.6 Å². The molecule has 1 unspecified atom stereocenters. The van der Waals surface area contributed by atoms with Crippen molar-refractivity contribution in [3.63, 3.8) is 0 Å². The Bertz CT molecular complexity index is 1050. The molecule has 0 saturated carbocycles. The van der Waals surface area contributed by atoms with Crippen LogP contribution in [0.5, 0.6) is 11.5 Å². The number of pyridine rings is 1. The van der Waals surface area contributed by atoms with Gasteiger partial charge in [0.25, 0.3) is 11.8 Å². The fourth-order valence-corrected chi connectivity index (χ4v) is 3.13. The normalized spacial score (nSPS) is 17.3. The molecule has 1 aliphatic carbocycles. The van der Waals surface area contributed by atoms with Crippen molar-refractivity contribution in [3.05, 3.63) is 64.6 Å². The summed E-state index contributed by atoms with van der Waals surface area (Å²) in [4.78, 5) is 27.7. The van der Waals surface area contributed by atoms with E-state index in [9.17, 15) is 18.4 Å². The number of aryl methyl sites for hydroxylation is 1. The first kappa shape index (κ1) is 22.5. The zero-order valence-corrected chi connectivity index (χ0v) is 17.6. The number of carbonyl (C=O) groups is 2. The Morgan fingerprint density at radius 2 is 1.87 bits per heavy atom. The van der Waals surface area contributed by atoms with Crippen LogP contribution >= 0.6 is 11.6 Å². The Balaban J connectivity index is 1.42. The van der Waals surface area contributed by atoms with E-state index in [4.69, 9.17) is 21.1 Å². The molecule has 0 spiro atoms. The number of halogens is 3. The number of hydrogen-bond donors (Lipinski definition) is 2. The molecule has 0 bridgehead atoms. The van der Waals surface area contributed by atoms with Gasteiger partial charge in [-0.2, -0.15) is 4.39 Å². The number of rotatable bonds is 8. The maximum atomic E-state index is 13.4. The molecule has 0 radical (unpaired) electrons. The standard InChI is InChI=1S/C21H20ClF2N3O4/c1-12-17(5-6-18(24)25-12)31-10-19(28)26-13-8-21(2,9-13)27-20(29)11-30-14-3-4-15(22)16(23)7-14/h3-8H,9-11H2,1-2H3,(H,26,28)(H,27,29). The molecule has 2 N–H and O–H groups in total. The van der Waals surface area contributed by atoms with Crippen molar-refractivity contribution in [2.24, 2.45) is 0 Å². The number of benzene rings is 1. The summed E-state index contributed by atoms with van der Waals surface area (Å²) in [5.41, 5.74) is 0.327. The second-order valence-electron chi connectivity index (χ2n) is 7.23. The Morgan fingerprint density at radius 3 is 2.55 bits per heavy atom. The lowest BCUT2D eigenvalue weighted by atomic mass is 9.84. The SMILES string of the molecule is Cc1nc(F)ccc1OCC(=O)NC1=CC(C)(NC(=O)COc2ccc(Cl)c(F)c2)C1. The van der Waals surface area contributed by atoms with Gasteiger partial charge in [0.15, 0.2) is 13.2 Å². The van der Waals surface area contributed by atoms with Crippen LogP contribution in [-0.4, -0.2) is 35.6 Å². The quantitative estimate of drug-likeness (QED) is 0.602. The molecule has 1 aliphatic rings. The van der Waals surface area contributed by atoms with E-state index < -0.39 is 29.1 Å². The Hall–Kier alpha value is -3.20. The predicted molar refractivity (Wildman–Crippen MR) is 109 cm³/mol. The molecule has 0 aliphatic heterocycles. The van der Waals surface area contributed by atoms with E-state index in [1.807, 2.05) is 0 Å². The number of ether oxygens (including phenoxy) is 2. The average molecular weight is 452 g/mol. The van der Waals surface area contributed by atoms with E-state index in [1.54, 1.807) is 19.9 Å². The Kier molecular flexibility index (Phi) is 6.74. The molecule has 0 fully saturated rings. The first-order chi connectivity index (χ1) is 14.6. The van der Waals surface area contributed by atoms with Gasteiger partial charge < -0.3 is 20.1 Å². The van der Waals surface area contributed by atoms with E-state index in [0.717, 1.165) is 12.1 Å². The van der Waals surface area contributed by atoms with Gasteiger partial charge >= 0.3 is 0 Å². The summed E-state index contributed by atoms with van der Waals surface area (Å²) >= 11 is 5.60. The van der Waals surface area contributed by atoms with Crippen molar-refractivity contribution in [3.8, 4) is 11.5 Å². The minimum Gasteiger partial charge on any atom is -0.484 e. The molecule has 1 heterocycles. The number of nitrogens with zero attached hydrogens (tertiary/aromatic N) is 1. The van der Waals surface area contributed by atoms with Crippen molar-refractivity contribution < 1.29 is 27.8 Å². The minimum absolute atomic E-state index is 0.0339. The van der Waals surface area contributed by atoms with Gasteiger partial charge in [0.2, 0.25) is 5.95 Å². The third-order valence-electron chi connectivity index (χ3n) is 4.40. The topological polar surface area (TPSA) is 89.5 Å². The van der Waals surface area contributed by atoms with E-state index in [1.165, 1.54) is 18.2 Å². The summed E-state index contributed by atoms with van der Waals surface area (Å²) in [5, 5.41) is 5.42. The smallest absolute Gasteiger partial charge is 0.262 e. The number of carbonyl (C=O) groups excluding carboxylic acids is 2. The summed E-state index contributed by atoms with van der Waals surface area (Å²) in [7, 11) is 0. The number of aromatic nitrogens is 1. The Labute approximate surface area is 182 Å². The first-order valence-electron chi connectivity index (χ1n) is 9.30. The van der Waals surface area contributed by atoms with E-state index >= 15 is 0 Å². The van der Waals surface area contributed by atoms with Crippen LogP contribution in [0.15, 0.2) is 42.1 Å². The molecule has 2 aromatic rings. The molecular formula is C21H20ClF2N3O4.